The van der Waals surface area contributed by atoms with Gasteiger partial charge in [-0.3, -0.25) is 0 Å². The van der Waals surface area contributed by atoms with Gasteiger partial charge in [-0.15, -0.1) is 11.3 Å². The maximum absolute atomic E-state index is 5.55. The van der Waals surface area contributed by atoms with Crippen molar-refractivity contribution in [3.05, 3.63) is 16.3 Å². The summed E-state index contributed by atoms with van der Waals surface area (Å²) in [6, 6.07) is 0. The van der Waals surface area contributed by atoms with Crippen molar-refractivity contribution in [3.63, 3.8) is 0 Å². The van der Waals surface area contributed by atoms with Gasteiger partial charge in [0.15, 0.2) is 0 Å². The number of thiophene rings is 1. The van der Waals surface area contributed by atoms with Crippen molar-refractivity contribution in [1.29, 1.82) is 0 Å². The molecule has 0 radical (unpaired) electrons. The molecule has 0 bridgehead atoms. The molecule has 130 valence electrons. The highest BCUT2D eigenvalue weighted by Gasteiger charge is 2.26. The molecule has 2 aromatic rings. The minimum Gasteiger partial charge on any atom is -0.378 e. The Balaban J connectivity index is 1.82. The van der Waals surface area contributed by atoms with Crippen LogP contribution < -0.4 is 4.90 Å². The monoisotopic (exact) mass is 345 g/mol. The minimum atomic E-state index is 0.796. The van der Waals surface area contributed by atoms with E-state index in [9.17, 15) is 0 Å². The Morgan fingerprint density at radius 3 is 2.88 bits per heavy atom. The van der Waals surface area contributed by atoms with E-state index in [-0.39, 0.29) is 0 Å². The highest BCUT2D eigenvalue weighted by molar-refractivity contribution is 7.19. The van der Waals surface area contributed by atoms with E-state index in [2.05, 4.69) is 18.7 Å². The van der Waals surface area contributed by atoms with Gasteiger partial charge < -0.3 is 9.64 Å². The number of nitrogens with zero attached hydrogens (tertiary/aromatic N) is 3. The fourth-order valence-corrected chi connectivity index (χ4v) is 5.21. The van der Waals surface area contributed by atoms with Gasteiger partial charge in [-0.1, -0.05) is 20.3 Å². The van der Waals surface area contributed by atoms with Crippen LogP contribution >= 0.6 is 11.3 Å². The molecule has 2 aromatic heterocycles. The second-order valence-corrected chi connectivity index (χ2v) is 8.28. The highest BCUT2D eigenvalue weighted by atomic mass is 32.1. The fourth-order valence-electron chi connectivity index (χ4n) is 3.82. The average molecular weight is 346 g/mol. The van der Waals surface area contributed by atoms with Crippen LogP contribution in [-0.4, -0.2) is 36.3 Å². The molecule has 0 saturated carbocycles. The second-order valence-electron chi connectivity index (χ2n) is 7.20. The number of aromatic nitrogens is 2. The number of fused-ring (bicyclic) bond motifs is 3. The Hall–Kier alpha value is -1.20. The van der Waals surface area contributed by atoms with Gasteiger partial charge in [-0.05, 0) is 37.2 Å². The third-order valence-corrected chi connectivity index (χ3v) is 6.40. The van der Waals surface area contributed by atoms with E-state index in [4.69, 9.17) is 14.7 Å². The molecular formula is C19H27N3OS. The van der Waals surface area contributed by atoms with Crippen molar-refractivity contribution in [2.45, 2.75) is 52.4 Å². The smallest absolute Gasteiger partial charge is 0.141 e. The largest absolute Gasteiger partial charge is 0.378 e. The normalized spacial score (nSPS) is 21.2. The lowest BCUT2D eigenvalue weighted by molar-refractivity contribution is 0.122. The van der Waals surface area contributed by atoms with Crippen LogP contribution in [0, 0.1) is 5.92 Å². The molecule has 0 N–H and O–H groups in total. The lowest BCUT2D eigenvalue weighted by Crippen LogP contribution is -2.37. The van der Waals surface area contributed by atoms with Crippen molar-refractivity contribution in [2.75, 3.05) is 31.2 Å². The molecule has 24 heavy (non-hydrogen) atoms. The number of ether oxygens (including phenoxy) is 1. The Morgan fingerprint density at radius 1 is 1.25 bits per heavy atom. The Morgan fingerprint density at radius 2 is 2.08 bits per heavy atom. The van der Waals surface area contributed by atoms with E-state index in [1.807, 2.05) is 11.3 Å². The topological polar surface area (TPSA) is 38.2 Å². The van der Waals surface area contributed by atoms with Crippen LogP contribution in [0.5, 0.6) is 0 Å². The maximum atomic E-state index is 5.55. The van der Waals surface area contributed by atoms with Gasteiger partial charge in [-0.25, -0.2) is 9.97 Å². The van der Waals surface area contributed by atoms with E-state index in [1.54, 1.807) is 4.88 Å². The molecule has 1 aliphatic heterocycles. The van der Waals surface area contributed by atoms with Crippen molar-refractivity contribution in [1.82, 2.24) is 9.97 Å². The third-order valence-electron chi connectivity index (χ3n) is 5.25. The van der Waals surface area contributed by atoms with Gasteiger partial charge in [0.2, 0.25) is 0 Å². The third kappa shape index (κ3) is 3.04. The van der Waals surface area contributed by atoms with Gasteiger partial charge >= 0.3 is 0 Å². The van der Waals surface area contributed by atoms with Crippen molar-refractivity contribution < 1.29 is 4.74 Å². The van der Waals surface area contributed by atoms with Crippen LogP contribution in [0.1, 0.15) is 49.4 Å². The summed E-state index contributed by atoms with van der Waals surface area (Å²) < 4.78 is 5.55. The molecule has 1 aliphatic carbocycles. The SMILES string of the molecule is CCCCc1nc(N2CCOCC2)c2c3c(sc2n1)C[C@H](C)CC3. The summed E-state index contributed by atoms with van der Waals surface area (Å²) in [5.74, 6) is 3.00. The standard InChI is InChI=1S/C19H27N3OS/c1-3-4-5-16-20-18(22-8-10-23-11-9-22)17-14-7-6-13(2)12-15(14)24-19(17)21-16/h13H,3-12H2,1-2H3/t13-/m1/s1. The molecule has 4 rings (SSSR count). The maximum Gasteiger partial charge on any atom is 0.141 e. The molecule has 1 fully saturated rings. The summed E-state index contributed by atoms with van der Waals surface area (Å²) in [6.45, 7) is 8.10. The van der Waals surface area contributed by atoms with E-state index in [0.29, 0.717) is 0 Å². The molecule has 1 atom stereocenters. The number of unbranched alkanes of at least 4 members (excludes halogenated alkanes) is 1. The first-order valence-electron chi connectivity index (χ1n) is 9.40. The molecule has 5 heteroatoms. The first-order valence-corrected chi connectivity index (χ1v) is 10.2. The van der Waals surface area contributed by atoms with Gasteiger partial charge in [0, 0.05) is 24.4 Å². The zero-order valence-corrected chi connectivity index (χ0v) is 15.6. The van der Waals surface area contributed by atoms with E-state index in [1.165, 1.54) is 47.3 Å². The van der Waals surface area contributed by atoms with Crippen molar-refractivity contribution in [3.8, 4) is 0 Å². The minimum absolute atomic E-state index is 0.796. The van der Waals surface area contributed by atoms with Crippen LogP contribution in [0.3, 0.4) is 0 Å². The van der Waals surface area contributed by atoms with Gasteiger partial charge in [-0.2, -0.15) is 0 Å². The summed E-state index contributed by atoms with van der Waals surface area (Å²) in [5, 5.41) is 1.35. The molecule has 1 saturated heterocycles. The summed E-state index contributed by atoms with van der Waals surface area (Å²) >= 11 is 1.92. The summed E-state index contributed by atoms with van der Waals surface area (Å²) in [6.07, 6.45) is 7.03. The zero-order valence-electron chi connectivity index (χ0n) is 14.8. The lowest BCUT2D eigenvalue weighted by Gasteiger charge is -2.29. The number of morpholine rings is 1. The summed E-state index contributed by atoms with van der Waals surface area (Å²) in [5.41, 5.74) is 1.54. The summed E-state index contributed by atoms with van der Waals surface area (Å²) in [7, 11) is 0. The summed E-state index contributed by atoms with van der Waals surface area (Å²) in [4.78, 5) is 15.2. The predicted molar refractivity (Wildman–Crippen MR) is 100 cm³/mol. The van der Waals surface area contributed by atoms with Crippen LogP contribution in [0.25, 0.3) is 10.2 Å². The van der Waals surface area contributed by atoms with E-state index < -0.39 is 0 Å². The number of hydrogen-bond acceptors (Lipinski definition) is 5. The second kappa shape index (κ2) is 6.96. The molecular weight excluding hydrogens is 318 g/mol. The Kier molecular flexibility index (Phi) is 4.72. The number of rotatable bonds is 4. The average Bonchev–Trinajstić information content (AvgIpc) is 2.97. The molecule has 0 amide bonds. The van der Waals surface area contributed by atoms with Gasteiger partial charge in [0.05, 0.1) is 18.6 Å². The Labute approximate surface area is 148 Å². The van der Waals surface area contributed by atoms with Crippen molar-refractivity contribution in [2.24, 2.45) is 5.92 Å². The highest BCUT2D eigenvalue weighted by Crippen LogP contribution is 2.41. The number of aryl methyl sites for hydroxylation is 2. The molecule has 3 heterocycles. The van der Waals surface area contributed by atoms with Gasteiger partial charge in [0.1, 0.15) is 16.5 Å². The van der Waals surface area contributed by atoms with Crippen LogP contribution in [-0.2, 0) is 24.0 Å². The van der Waals surface area contributed by atoms with Gasteiger partial charge in [0.25, 0.3) is 0 Å². The van der Waals surface area contributed by atoms with E-state index >= 15 is 0 Å². The number of anilines is 1. The molecule has 4 nitrogen and oxygen atoms in total. The molecule has 2 aliphatic rings. The lowest BCUT2D eigenvalue weighted by atomic mass is 9.89. The van der Waals surface area contributed by atoms with E-state index in [0.717, 1.165) is 50.9 Å². The fraction of sp³-hybridized carbons (Fsp3) is 0.684. The predicted octanol–water partition coefficient (Wildman–Crippen LogP) is 4.00. The number of hydrogen-bond donors (Lipinski definition) is 0. The zero-order chi connectivity index (χ0) is 16.5. The van der Waals surface area contributed by atoms with Crippen LogP contribution in [0.15, 0.2) is 0 Å². The molecule has 0 unspecified atom stereocenters. The van der Waals surface area contributed by atoms with Crippen molar-refractivity contribution >= 4 is 27.4 Å². The van der Waals surface area contributed by atoms with Crippen LogP contribution in [0.2, 0.25) is 0 Å². The first-order chi connectivity index (χ1) is 11.8. The molecule has 0 aromatic carbocycles. The molecule has 0 spiro atoms. The van der Waals surface area contributed by atoms with Crippen LogP contribution in [0.4, 0.5) is 5.82 Å². The quantitative estimate of drug-likeness (QED) is 0.840. The first kappa shape index (κ1) is 16.3. The Bertz CT molecular complexity index is 721.